The van der Waals surface area contributed by atoms with Crippen LogP contribution >= 0.6 is 0 Å². The molecule has 2 N–H and O–H groups in total. The van der Waals surface area contributed by atoms with Gasteiger partial charge in [-0.15, -0.1) is 0 Å². The fraction of sp³-hybridized carbons (Fsp3) is 1.00. The number of nitrogens with two attached hydrogens (primary N) is 1. The lowest BCUT2D eigenvalue weighted by Gasteiger charge is -2.51. The van der Waals surface area contributed by atoms with Crippen LogP contribution in [0.15, 0.2) is 0 Å². The summed E-state index contributed by atoms with van der Waals surface area (Å²) < 4.78 is 5.34. The summed E-state index contributed by atoms with van der Waals surface area (Å²) in [6.45, 7) is 11.9. The Kier molecular flexibility index (Phi) is 6.09. The Balaban J connectivity index is 2.88. The Morgan fingerprint density at radius 3 is 2.28 bits per heavy atom. The number of nitrogens with zero attached hydrogens (tertiary/aromatic N) is 1. The summed E-state index contributed by atoms with van der Waals surface area (Å²) in [4.78, 5) is 2.59. The lowest BCUT2D eigenvalue weighted by molar-refractivity contribution is -0.0242. The summed E-state index contributed by atoms with van der Waals surface area (Å²) in [6, 6.07) is 0.445. The molecule has 0 radical (unpaired) electrons. The van der Waals surface area contributed by atoms with Crippen LogP contribution < -0.4 is 5.73 Å². The molecule has 3 heteroatoms. The van der Waals surface area contributed by atoms with Crippen molar-refractivity contribution in [3.8, 4) is 0 Å². The standard InChI is InChI=1S/C15H32N2O/c1-6-17(14(4)10-18-5)15(11-16)8-12(2)7-13(3)9-15/h12-14H,6-11,16H2,1-5H3. The van der Waals surface area contributed by atoms with Crippen LogP contribution in [0.5, 0.6) is 0 Å². The fourth-order valence-electron chi connectivity index (χ4n) is 4.20. The molecule has 0 spiro atoms. The highest BCUT2D eigenvalue weighted by atomic mass is 16.5. The fourth-order valence-corrected chi connectivity index (χ4v) is 4.20. The smallest absolute Gasteiger partial charge is 0.0615 e. The van der Waals surface area contributed by atoms with Crippen LogP contribution in [-0.4, -0.2) is 43.3 Å². The maximum Gasteiger partial charge on any atom is 0.0615 e. The molecule has 0 aliphatic heterocycles. The molecule has 18 heavy (non-hydrogen) atoms. The minimum Gasteiger partial charge on any atom is -0.383 e. The van der Waals surface area contributed by atoms with E-state index in [1.807, 2.05) is 0 Å². The molecular weight excluding hydrogens is 224 g/mol. The zero-order valence-corrected chi connectivity index (χ0v) is 12.9. The van der Waals surface area contributed by atoms with Gasteiger partial charge in [-0.2, -0.15) is 0 Å². The quantitative estimate of drug-likeness (QED) is 0.793. The number of hydrogen-bond acceptors (Lipinski definition) is 3. The monoisotopic (exact) mass is 256 g/mol. The second-order valence-electron chi connectivity index (χ2n) is 6.37. The highest BCUT2D eigenvalue weighted by molar-refractivity contribution is 4.99. The first-order chi connectivity index (χ1) is 8.49. The van der Waals surface area contributed by atoms with E-state index in [0.29, 0.717) is 6.04 Å². The first-order valence-electron chi connectivity index (χ1n) is 7.44. The Hall–Kier alpha value is -0.120. The predicted octanol–water partition coefficient (Wildman–Crippen LogP) is 2.50. The molecule has 0 aromatic heterocycles. The molecule has 0 saturated heterocycles. The van der Waals surface area contributed by atoms with E-state index in [2.05, 4.69) is 32.6 Å². The summed E-state index contributed by atoms with van der Waals surface area (Å²) in [7, 11) is 1.78. The average molecular weight is 256 g/mol. The van der Waals surface area contributed by atoms with Gasteiger partial charge in [-0.1, -0.05) is 20.8 Å². The first-order valence-corrected chi connectivity index (χ1v) is 7.44. The predicted molar refractivity (Wildman–Crippen MR) is 77.7 cm³/mol. The van der Waals surface area contributed by atoms with Crippen LogP contribution in [0, 0.1) is 11.8 Å². The van der Waals surface area contributed by atoms with Crippen LogP contribution in [0.3, 0.4) is 0 Å². The summed E-state index contributed by atoms with van der Waals surface area (Å²) in [6.07, 6.45) is 3.81. The van der Waals surface area contributed by atoms with E-state index in [9.17, 15) is 0 Å². The van der Waals surface area contributed by atoms with Crippen LogP contribution in [-0.2, 0) is 4.74 Å². The third-order valence-electron chi connectivity index (χ3n) is 4.53. The molecule has 0 heterocycles. The molecule has 3 unspecified atom stereocenters. The van der Waals surface area contributed by atoms with Crippen molar-refractivity contribution in [2.45, 2.75) is 58.5 Å². The molecule has 1 fully saturated rings. The molecule has 3 atom stereocenters. The highest BCUT2D eigenvalue weighted by Gasteiger charge is 2.42. The molecule has 0 amide bonds. The van der Waals surface area contributed by atoms with Gasteiger partial charge >= 0.3 is 0 Å². The van der Waals surface area contributed by atoms with Gasteiger partial charge in [-0.3, -0.25) is 4.90 Å². The Morgan fingerprint density at radius 2 is 1.89 bits per heavy atom. The van der Waals surface area contributed by atoms with Gasteiger partial charge in [-0.05, 0) is 44.6 Å². The largest absolute Gasteiger partial charge is 0.383 e. The van der Waals surface area contributed by atoms with Crippen molar-refractivity contribution in [2.75, 3.05) is 26.8 Å². The van der Waals surface area contributed by atoms with Crippen molar-refractivity contribution >= 4 is 0 Å². The normalized spacial score (nSPS) is 34.8. The second-order valence-corrected chi connectivity index (χ2v) is 6.37. The highest BCUT2D eigenvalue weighted by Crippen LogP contribution is 2.40. The summed E-state index contributed by atoms with van der Waals surface area (Å²) >= 11 is 0. The van der Waals surface area contributed by atoms with Crippen molar-refractivity contribution in [1.29, 1.82) is 0 Å². The number of rotatable bonds is 6. The summed E-state index contributed by atoms with van der Waals surface area (Å²) in [5.41, 5.74) is 6.37. The minimum absolute atomic E-state index is 0.184. The zero-order chi connectivity index (χ0) is 13.8. The molecule has 3 nitrogen and oxygen atoms in total. The lowest BCUT2D eigenvalue weighted by Crippen LogP contribution is -2.60. The topological polar surface area (TPSA) is 38.5 Å². The Labute approximate surface area is 113 Å². The summed E-state index contributed by atoms with van der Waals surface area (Å²) in [5, 5.41) is 0. The van der Waals surface area contributed by atoms with Crippen molar-refractivity contribution in [3.63, 3.8) is 0 Å². The second kappa shape index (κ2) is 6.88. The van der Waals surface area contributed by atoms with Gasteiger partial charge in [0.1, 0.15) is 0 Å². The molecule has 108 valence electrons. The zero-order valence-electron chi connectivity index (χ0n) is 12.9. The number of methoxy groups -OCH3 is 1. The van der Waals surface area contributed by atoms with Crippen molar-refractivity contribution < 1.29 is 4.74 Å². The third-order valence-corrected chi connectivity index (χ3v) is 4.53. The van der Waals surface area contributed by atoms with Gasteiger partial charge < -0.3 is 10.5 Å². The molecule has 0 bridgehead atoms. The van der Waals surface area contributed by atoms with Crippen molar-refractivity contribution in [1.82, 2.24) is 4.90 Å². The maximum atomic E-state index is 6.19. The Morgan fingerprint density at radius 1 is 1.33 bits per heavy atom. The molecule has 1 aliphatic rings. The van der Waals surface area contributed by atoms with Crippen LogP contribution in [0.4, 0.5) is 0 Å². The summed E-state index contributed by atoms with van der Waals surface area (Å²) in [5.74, 6) is 1.56. The van der Waals surface area contributed by atoms with Crippen LogP contribution in [0.1, 0.15) is 47.0 Å². The maximum absolute atomic E-state index is 6.19. The molecule has 0 aromatic carbocycles. The van der Waals surface area contributed by atoms with Crippen LogP contribution in [0.25, 0.3) is 0 Å². The third kappa shape index (κ3) is 3.46. The van der Waals surface area contributed by atoms with Gasteiger partial charge in [0.15, 0.2) is 0 Å². The number of ether oxygens (including phenoxy) is 1. The minimum atomic E-state index is 0.184. The van der Waals surface area contributed by atoms with Gasteiger partial charge in [0.05, 0.1) is 6.61 Å². The molecular formula is C15H32N2O. The molecule has 0 aromatic rings. The molecule has 1 saturated carbocycles. The van der Waals surface area contributed by atoms with E-state index in [1.54, 1.807) is 7.11 Å². The van der Waals surface area contributed by atoms with Gasteiger partial charge in [0, 0.05) is 25.2 Å². The first kappa shape index (κ1) is 15.9. The van der Waals surface area contributed by atoms with E-state index >= 15 is 0 Å². The molecule has 1 aliphatic carbocycles. The lowest BCUT2D eigenvalue weighted by atomic mass is 9.70. The van der Waals surface area contributed by atoms with E-state index in [0.717, 1.165) is 31.5 Å². The number of likely N-dealkylation sites (N-methyl/N-ethyl adjacent to an activating group) is 1. The van der Waals surface area contributed by atoms with E-state index in [-0.39, 0.29) is 5.54 Å². The average Bonchev–Trinajstić information content (AvgIpc) is 2.28. The van der Waals surface area contributed by atoms with Crippen molar-refractivity contribution in [3.05, 3.63) is 0 Å². The van der Waals surface area contributed by atoms with E-state index in [1.165, 1.54) is 19.3 Å². The van der Waals surface area contributed by atoms with E-state index in [4.69, 9.17) is 10.5 Å². The van der Waals surface area contributed by atoms with Crippen molar-refractivity contribution in [2.24, 2.45) is 17.6 Å². The van der Waals surface area contributed by atoms with E-state index < -0.39 is 0 Å². The van der Waals surface area contributed by atoms with Gasteiger partial charge in [0.2, 0.25) is 0 Å². The van der Waals surface area contributed by atoms with Gasteiger partial charge in [0.25, 0.3) is 0 Å². The Bertz CT molecular complexity index is 235. The van der Waals surface area contributed by atoms with Crippen LogP contribution in [0.2, 0.25) is 0 Å². The SMILES string of the molecule is CCN(C(C)COC)C1(CN)CC(C)CC(C)C1. The van der Waals surface area contributed by atoms with Gasteiger partial charge in [-0.25, -0.2) is 0 Å². The number of hydrogen-bond donors (Lipinski definition) is 1. The molecule has 1 rings (SSSR count).